The van der Waals surface area contributed by atoms with Crippen molar-refractivity contribution in [3.63, 3.8) is 0 Å². The number of esters is 1. The van der Waals surface area contributed by atoms with E-state index in [2.05, 4.69) is 4.74 Å². The molecule has 0 spiro atoms. The Labute approximate surface area is 85.8 Å². The van der Waals surface area contributed by atoms with Crippen LogP contribution in [0.15, 0.2) is 18.2 Å². The first-order chi connectivity index (χ1) is 7.04. The summed E-state index contributed by atoms with van der Waals surface area (Å²) in [7, 11) is 1.21. The molecule has 0 aliphatic rings. The minimum atomic E-state index is -0.620. The smallest absolute Gasteiger partial charge is 0.330 e. The lowest BCUT2D eigenvalue weighted by atomic mass is 10.1. The van der Waals surface area contributed by atoms with Crippen LogP contribution in [-0.2, 0) is 9.53 Å². The number of hydrogen-bond acceptors (Lipinski definition) is 4. The topological polar surface area (TPSA) is 72.5 Å². The van der Waals surface area contributed by atoms with Crippen LogP contribution in [0, 0.1) is 5.82 Å². The molecular formula is C10H10FNO3. The molecule has 0 atom stereocenters. The van der Waals surface area contributed by atoms with Gasteiger partial charge in [-0.25, -0.2) is 9.18 Å². The highest BCUT2D eigenvalue weighted by Gasteiger charge is 2.04. The number of aromatic hydroxyl groups is 1. The third-order valence-corrected chi connectivity index (χ3v) is 1.75. The van der Waals surface area contributed by atoms with E-state index in [9.17, 15) is 14.3 Å². The highest BCUT2D eigenvalue weighted by atomic mass is 19.1. The molecule has 1 rings (SSSR count). The van der Waals surface area contributed by atoms with Crippen LogP contribution in [0.3, 0.4) is 0 Å². The number of rotatable bonds is 2. The monoisotopic (exact) mass is 211 g/mol. The molecule has 15 heavy (non-hydrogen) atoms. The van der Waals surface area contributed by atoms with E-state index in [0.29, 0.717) is 0 Å². The Balaban J connectivity index is 3.00. The third-order valence-electron chi connectivity index (χ3n) is 1.75. The first-order valence-electron chi connectivity index (χ1n) is 4.08. The lowest BCUT2D eigenvalue weighted by Gasteiger charge is -2.01. The van der Waals surface area contributed by atoms with Gasteiger partial charge in [-0.05, 0) is 12.1 Å². The minimum absolute atomic E-state index is 0.0530. The van der Waals surface area contributed by atoms with Crippen molar-refractivity contribution in [2.24, 2.45) is 0 Å². The summed E-state index contributed by atoms with van der Waals surface area (Å²) in [5, 5.41) is 9.21. The summed E-state index contributed by atoms with van der Waals surface area (Å²) < 4.78 is 17.5. The molecule has 0 aliphatic heterocycles. The summed E-state index contributed by atoms with van der Waals surface area (Å²) in [4.78, 5) is 10.7. The van der Waals surface area contributed by atoms with Gasteiger partial charge in [0.1, 0.15) is 11.6 Å². The fraction of sp³-hybridized carbons (Fsp3) is 0.100. The van der Waals surface area contributed by atoms with Gasteiger partial charge >= 0.3 is 5.97 Å². The van der Waals surface area contributed by atoms with Gasteiger partial charge in [0.15, 0.2) is 0 Å². The normalized spacial score (nSPS) is 10.5. The van der Waals surface area contributed by atoms with Crippen molar-refractivity contribution >= 4 is 17.7 Å². The van der Waals surface area contributed by atoms with Crippen molar-refractivity contribution in [3.8, 4) is 5.75 Å². The molecular weight excluding hydrogens is 201 g/mol. The number of nitrogens with two attached hydrogens (primary N) is 1. The second-order valence-corrected chi connectivity index (χ2v) is 2.79. The van der Waals surface area contributed by atoms with Crippen LogP contribution >= 0.6 is 0 Å². The average Bonchev–Trinajstić information content (AvgIpc) is 2.21. The zero-order chi connectivity index (χ0) is 11.4. The van der Waals surface area contributed by atoms with Crippen molar-refractivity contribution in [2.45, 2.75) is 0 Å². The molecule has 3 N–H and O–H groups in total. The summed E-state index contributed by atoms with van der Waals surface area (Å²) in [5.74, 6) is -1.46. The number of methoxy groups -OCH3 is 1. The van der Waals surface area contributed by atoms with Crippen LogP contribution in [0.5, 0.6) is 5.75 Å². The highest BCUT2D eigenvalue weighted by Crippen LogP contribution is 2.24. The maximum atomic E-state index is 13.2. The molecule has 80 valence electrons. The Morgan fingerprint density at radius 3 is 2.87 bits per heavy atom. The molecule has 0 saturated heterocycles. The predicted molar refractivity (Wildman–Crippen MR) is 53.5 cm³/mol. The van der Waals surface area contributed by atoms with Crippen molar-refractivity contribution in [1.29, 1.82) is 0 Å². The number of carbonyl (C=O) groups is 1. The number of carbonyl (C=O) groups excluding carboxylic acids is 1. The predicted octanol–water partition coefficient (Wildman–Crippen LogP) is 1.30. The highest BCUT2D eigenvalue weighted by molar-refractivity contribution is 5.87. The van der Waals surface area contributed by atoms with Gasteiger partial charge < -0.3 is 15.6 Å². The largest absolute Gasteiger partial charge is 0.506 e. The molecule has 1 aromatic rings. The second-order valence-electron chi connectivity index (χ2n) is 2.79. The third kappa shape index (κ3) is 2.70. The molecule has 4 nitrogen and oxygen atoms in total. The molecule has 0 radical (unpaired) electrons. The quantitative estimate of drug-likeness (QED) is 0.334. The van der Waals surface area contributed by atoms with Crippen LogP contribution in [0.2, 0.25) is 0 Å². The van der Waals surface area contributed by atoms with Crippen molar-refractivity contribution in [3.05, 3.63) is 29.6 Å². The summed E-state index contributed by atoms with van der Waals surface area (Å²) in [6.45, 7) is 0. The molecule has 0 heterocycles. The fourth-order valence-corrected chi connectivity index (χ4v) is 0.947. The Morgan fingerprint density at radius 2 is 2.27 bits per heavy atom. The van der Waals surface area contributed by atoms with E-state index in [0.717, 1.165) is 18.2 Å². The van der Waals surface area contributed by atoms with E-state index in [4.69, 9.17) is 5.73 Å². The van der Waals surface area contributed by atoms with E-state index in [1.807, 2.05) is 0 Å². The number of ether oxygens (including phenoxy) is 1. The second kappa shape index (κ2) is 4.45. The number of nitrogen functional groups attached to an aromatic ring is 1. The maximum absolute atomic E-state index is 13.2. The van der Waals surface area contributed by atoms with Gasteiger partial charge in [-0.2, -0.15) is 0 Å². The molecule has 0 aromatic heterocycles. The van der Waals surface area contributed by atoms with Crippen LogP contribution in [0.25, 0.3) is 6.08 Å². The van der Waals surface area contributed by atoms with Gasteiger partial charge in [0.05, 0.1) is 12.8 Å². The van der Waals surface area contributed by atoms with E-state index in [1.165, 1.54) is 13.2 Å². The fourth-order valence-electron chi connectivity index (χ4n) is 0.947. The lowest BCUT2D eigenvalue weighted by Crippen LogP contribution is -1.94. The minimum Gasteiger partial charge on any atom is -0.506 e. The summed E-state index contributed by atoms with van der Waals surface area (Å²) >= 11 is 0. The van der Waals surface area contributed by atoms with Crippen LogP contribution in [0.4, 0.5) is 10.1 Å². The first kappa shape index (κ1) is 11.0. The van der Waals surface area contributed by atoms with E-state index in [-0.39, 0.29) is 17.0 Å². The number of phenols is 1. The van der Waals surface area contributed by atoms with E-state index >= 15 is 0 Å². The standard InChI is InChI=1S/C10H10FNO3/c1-15-10(14)3-2-6-4-9(13)8(12)5-7(6)11/h2-5,13H,12H2,1H3. The van der Waals surface area contributed by atoms with Crippen molar-refractivity contribution < 1.29 is 19.0 Å². The van der Waals surface area contributed by atoms with Crippen LogP contribution in [-0.4, -0.2) is 18.2 Å². The maximum Gasteiger partial charge on any atom is 0.330 e. The van der Waals surface area contributed by atoms with Gasteiger partial charge in [0.25, 0.3) is 0 Å². The number of phenolic OH excluding ortho intramolecular Hbond substituents is 1. The van der Waals surface area contributed by atoms with E-state index in [1.54, 1.807) is 0 Å². The van der Waals surface area contributed by atoms with Gasteiger partial charge in [0.2, 0.25) is 0 Å². The molecule has 0 aliphatic carbocycles. The number of benzene rings is 1. The molecule has 0 fully saturated rings. The molecule has 0 bridgehead atoms. The van der Waals surface area contributed by atoms with Gasteiger partial charge in [-0.3, -0.25) is 0 Å². The summed E-state index contributed by atoms with van der Waals surface area (Å²) in [6.07, 6.45) is 2.24. The average molecular weight is 211 g/mol. The zero-order valence-corrected chi connectivity index (χ0v) is 8.03. The Morgan fingerprint density at radius 1 is 1.60 bits per heavy atom. The van der Waals surface area contributed by atoms with Crippen molar-refractivity contribution in [2.75, 3.05) is 12.8 Å². The lowest BCUT2D eigenvalue weighted by molar-refractivity contribution is -0.134. The SMILES string of the molecule is COC(=O)C=Cc1cc(O)c(N)cc1F. The Kier molecular flexibility index (Phi) is 3.28. The number of hydrogen-bond donors (Lipinski definition) is 2. The first-order valence-corrected chi connectivity index (χ1v) is 4.08. The zero-order valence-electron chi connectivity index (χ0n) is 8.03. The molecule has 0 saturated carbocycles. The number of halogens is 1. The molecule has 0 unspecified atom stereocenters. The Hall–Kier alpha value is -2.04. The Bertz CT molecular complexity index is 415. The van der Waals surface area contributed by atoms with Gasteiger partial charge in [-0.1, -0.05) is 0 Å². The number of anilines is 1. The summed E-state index contributed by atoms with van der Waals surface area (Å²) in [5.41, 5.74) is 5.28. The van der Waals surface area contributed by atoms with Gasteiger partial charge in [-0.15, -0.1) is 0 Å². The molecule has 1 aromatic carbocycles. The molecule has 0 amide bonds. The summed E-state index contributed by atoms with van der Waals surface area (Å²) in [6, 6.07) is 2.11. The van der Waals surface area contributed by atoms with Crippen molar-refractivity contribution in [1.82, 2.24) is 0 Å². The van der Waals surface area contributed by atoms with Crippen LogP contribution < -0.4 is 5.73 Å². The van der Waals surface area contributed by atoms with Crippen LogP contribution in [0.1, 0.15) is 5.56 Å². The van der Waals surface area contributed by atoms with E-state index < -0.39 is 11.8 Å². The molecule has 5 heteroatoms. The van der Waals surface area contributed by atoms with Gasteiger partial charge in [0, 0.05) is 17.7 Å².